The molecule has 0 saturated carbocycles. The molecule has 0 aliphatic carbocycles. The van der Waals surface area contributed by atoms with Gasteiger partial charge in [0.15, 0.2) is 0 Å². The normalized spacial score (nSPS) is 13.5. The summed E-state index contributed by atoms with van der Waals surface area (Å²) < 4.78 is 41.3. The van der Waals surface area contributed by atoms with Crippen molar-refractivity contribution in [1.82, 2.24) is 19.7 Å². The highest BCUT2D eigenvalue weighted by atomic mass is 35.5. The fraction of sp³-hybridized carbons (Fsp3) is 0.111. The van der Waals surface area contributed by atoms with E-state index in [0.29, 0.717) is 0 Å². The Morgan fingerprint density at radius 2 is 1.68 bits per heavy atom. The molecule has 1 aromatic heterocycles. The molecule has 2 heterocycles. The van der Waals surface area contributed by atoms with Gasteiger partial charge in [0.05, 0.1) is 28.4 Å². The van der Waals surface area contributed by atoms with E-state index in [0.717, 1.165) is 15.9 Å². The van der Waals surface area contributed by atoms with Crippen LogP contribution in [0.15, 0.2) is 42.7 Å². The van der Waals surface area contributed by atoms with E-state index < -0.39 is 36.4 Å². The predicted octanol–water partition coefficient (Wildman–Crippen LogP) is 3.79. The van der Waals surface area contributed by atoms with Gasteiger partial charge >= 0.3 is 0 Å². The summed E-state index contributed by atoms with van der Waals surface area (Å²) in [6.45, 7) is -0.446. The van der Waals surface area contributed by atoms with Crippen LogP contribution in [-0.2, 0) is 6.54 Å². The van der Waals surface area contributed by atoms with E-state index >= 15 is 0 Å². The van der Waals surface area contributed by atoms with E-state index in [-0.39, 0.29) is 27.4 Å². The van der Waals surface area contributed by atoms with Gasteiger partial charge in [-0.2, -0.15) is 0 Å². The second-order valence-electron chi connectivity index (χ2n) is 5.95. The summed E-state index contributed by atoms with van der Waals surface area (Å²) >= 11 is 5.85. The molecule has 3 aromatic rings. The zero-order valence-electron chi connectivity index (χ0n) is 13.9. The first kappa shape index (κ1) is 18.2. The molecule has 2 amide bonds. The van der Waals surface area contributed by atoms with Crippen LogP contribution in [0.25, 0.3) is 5.69 Å². The lowest BCUT2D eigenvalue weighted by Crippen LogP contribution is -2.30. The van der Waals surface area contributed by atoms with Gasteiger partial charge in [-0.05, 0) is 24.3 Å². The monoisotopic (exact) mass is 406 g/mol. The zero-order valence-corrected chi connectivity index (χ0v) is 14.7. The van der Waals surface area contributed by atoms with Crippen molar-refractivity contribution >= 4 is 23.4 Å². The first-order valence-corrected chi connectivity index (χ1v) is 8.38. The summed E-state index contributed by atoms with van der Waals surface area (Å²) in [6.07, 6.45) is -1.91. The Hall–Kier alpha value is -3.20. The number of fused-ring (bicyclic) bond motifs is 1. The molecule has 0 bridgehead atoms. The van der Waals surface area contributed by atoms with E-state index in [1.54, 1.807) is 12.1 Å². The van der Waals surface area contributed by atoms with Crippen molar-refractivity contribution in [3.63, 3.8) is 0 Å². The minimum atomic E-state index is -2.90. The Kier molecular flexibility index (Phi) is 4.38. The van der Waals surface area contributed by atoms with Crippen LogP contribution in [0.5, 0.6) is 0 Å². The highest BCUT2D eigenvalue weighted by Crippen LogP contribution is 2.30. The number of carbonyl (C=O) groups excluding carboxylic acids is 2. The van der Waals surface area contributed by atoms with Crippen LogP contribution < -0.4 is 0 Å². The Morgan fingerprint density at radius 3 is 2.25 bits per heavy atom. The molecule has 0 saturated heterocycles. The number of rotatable bonds is 4. The molecule has 0 unspecified atom stereocenters. The highest BCUT2D eigenvalue weighted by molar-refractivity contribution is 6.30. The number of halogens is 4. The minimum Gasteiger partial charge on any atom is -0.270 e. The van der Waals surface area contributed by atoms with Crippen molar-refractivity contribution in [3.05, 3.63) is 76.1 Å². The van der Waals surface area contributed by atoms with Crippen molar-refractivity contribution < 1.29 is 22.8 Å². The Morgan fingerprint density at radius 1 is 1.04 bits per heavy atom. The van der Waals surface area contributed by atoms with Crippen molar-refractivity contribution in [2.75, 3.05) is 0 Å². The topological polar surface area (TPSA) is 68.1 Å². The van der Waals surface area contributed by atoms with Crippen LogP contribution in [0.1, 0.15) is 38.5 Å². The van der Waals surface area contributed by atoms with Crippen LogP contribution in [-0.4, -0.2) is 31.5 Å². The molecule has 4 rings (SSSR count). The average molecular weight is 407 g/mol. The zero-order chi connectivity index (χ0) is 20.0. The number of amides is 2. The number of carbonyl (C=O) groups is 2. The molecule has 0 fully saturated rings. The predicted molar refractivity (Wildman–Crippen MR) is 91.9 cm³/mol. The highest BCUT2D eigenvalue weighted by Gasteiger charge is 2.36. The number of aromatic nitrogens is 3. The minimum absolute atomic E-state index is 0.0397. The van der Waals surface area contributed by atoms with Gasteiger partial charge in [-0.1, -0.05) is 23.7 Å². The average Bonchev–Trinajstić information content (AvgIpc) is 3.26. The van der Waals surface area contributed by atoms with Gasteiger partial charge in [0.25, 0.3) is 18.2 Å². The quantitative estimate of drug-likeness (QED) is 0.618. The van der Waals surface area contributed by atoms with E-state index in [9.17, 15) is 22.8 Å². The molecule has 142 valence electrons. The van der Waals surface area contributed by atoms with Gasteiger partial charge in [-0.15, -0.1) is 5.10 Å². The first-order chi connectivity index (χ1) is 13.4. The molecule has 0 radical (unpaired) electrons. The van der Waals surface area contributed by atoms with Crippen molar-refractivity contribution in [2.45, 2.75) is 13.0 Å². The summed E-state index contributed by atoms with van der Waals surface area (Å²) in [4.78, 5) is 29.5. The lowest BCUT2D eigenvalue weighted by molar-refractivity contribution is 0.0641. The SMILES string of the molecule is O=C1c2ccccc2C(=O)N1Cc1c(-n2cnc(C(F)F)n2)ccc(Cl)c1F. The molecule has 0 spiro atoms. The number of imide groups is 1. The van der Waals surface area contributed by atoms with Gasteiger partial charge < -0.3 is 0 Å². The van der Waals surface area contributed by atoms with E-state index in [1.165, 1.54) is 24.3 Å². The maximum Gasteiger partial charge on any atom is 0.299 e. The van der Waals surface area contributed by atoms with Crippen LogP contribution in [0, 0.1) is 5.82 Å². The summed E-state index contributed by atoms with van der Waals surface area (Å²) in [5.74, 6) is -2.79. The molecule has 10 heteroatoms. The third-order valence-corrected chi connectivity index (χ3v) is 4.61. The lowest BCUT2D eigenvalue weighted by Gasteiger charge is -2.18. The maximum atomic E-state index is 14.8. The number of alkyl halides is 2. The second kappa shape index (κ2) is 6.75. The Balaban J connectivity index is 1.77. The molecule has 6 nitrogen and oxygen atoms in total. The van der Waals surface area contributed by atoms with Crippen molar-refractivity contribution in [3.8, 4) is 5.69 Å². The lowest BCUT2D eigenvalue weighted by atomic mass is 10.1. The number of hydrogen-bond acceptors (Lipinski definition) is 4. The Labute approximate surface area is 161 Å². The number of benzene rings is 2. The van der Waals surface area contributed by atoms with E-state index in [4.69, 9.17) is 11.6 Å². The molecule has 0 atom stereocenters. The number of hydrogen-bond donors (Lipinski definition) is 0. The molecule has 28 heavy (non-hydrogen) atoms. The molecular formula is C18H10ClF3N4O2. The number of nitrogens with zero attached hydrogens (tertiary/aromatic N) is 4. The third-order valence-electron chi connectivity index (χ3n) is 4.32. The summed E-state index contributed by atoms with van der Waals surface area (Å²) in [5.41, 5.74) is 0.306. The van der Waals surface area contributed by atoms with E-state index in [1.807, 2.05) is 0 Å². The van der Waals surface area contributed by atoms with Crippen molar-refractivity contribution in [1.29, 1.82) is 0 Å². The molecular weight excluding hydrogens is 397 g/mol. The van der Waals surface area contributed by atoms with Crippen LogP contribution in [0.4, 0.5) is 13.2 Å². The fourth-order valence-corrected chi connectivity index (χ4v) is 3.16. The standard InChI is InChI=1S/C18H10ClF3N4O2/c19-12-5-6-13(26-8-23-16(24-26)15(21)22)11(14(12)20)7-25-17(27)9-3-1-2-4-10(9)18(25)28/h1-6,8,15H,7H2. The summed E-state index contributed by atoms with van der Waals surface area (Å²) in [7, 11) is 0. The van der Waals surface area contributed by atoms with Crippen LogP contribution in [0.3, 0.4) is 0 Å². The summed E-state index contributed by atoms with van der Waals surface area (Å²) in [6, 6.07) is 8.79. The molecule has 2 aromatic carbocycles. The van der Waals surface area contributed by atoms with Crippen LogP contribution in [0.2, 0.25) is 5.02 Å². The Bertz CT molecular complexity index is 1080. The van der Waals surface area contributed by atoms with Crippen LogP contribution >= 0.6 is 11.6 Å². The smallest absolute Gasteiger partial charge is 0.270 e. The largest absolute Gasteiger partial charge is 0.299 e. The molecule has 0 N–H and O–H groups in total. The van der Waals surface area contributed by atoms with E-state index in [2.05, 4.69) is 10.1 Å². The molecule has 1 aliphatic rings. The van der Waals surface area contributed by atoms with Gasteiger partial charge in [0.2, 0.25) is 5.82 Å². The fourth-order valence-electron chi connectivity index (χ4n) is 2.98. The van der Waals surface area contributed by atoms with Gasteiger partial charge in [-0.25, -0.2) is 22.8 Å². The van der Waals surface area contributed by atoms with Gasteiger partial charge in [-0.3, -0.25) is 14.5 Å². The second-order valence-corrected chi connectivity index (χ2v) is 6.36. The molecule has 1 aliphatic heterocycles. The van der Waals surface area contributed by atoms with Crippen molar-refractivity contribution in [2.24, 2.45) is 0 Å². The van der Waals surface area contributed by atoms with Gasteiger partial charge in [0.1, 0.15) is 12.1 Å². The van der Waals surface area contributed by atoms with Gasteiger partial charge in [0, 0.05) is 5.56 Å². The maximum absolute atomic E-state index is 14.8. The third kappa shape index (κ3) is 2.84. The first-order valence-electron chi connectivity index (χ1n) is 8.00. The summed E-state index contributed by atoms with van der Waals surface area (Å²) in [5, 5.41) is 3.38.